The van der Waals surface area contributed by atoms with E-state index >= 15 is 0 Å². The summed E-state index contributed by atoms with van der Waals surface area (Å²) in [5, 5.41) is 0.704. The Morgan fingerprint density at radius 3 is 2.86 bits per heavy atom. The van der Waals surface area contributed by atoms with Crippen LogP contribution in [-0.2, 0) is 6.42 Å². The van der Waals surface area contributed by atoms with Gasteiger partial charge in [-0.25, -0.2) is 0 Å². The van der Waals surface area contributed by atoms with Gasteiger partial charge < -0.3 is 4.90 Å². The highest BCUT2D eigenvalue weighted by Crippen LogP contribution is 2.27. The third-order valence-electron chi connectivity index (χ3n) is 4.02. The number of aryl methyl sites for hydroxylation is 2. The number of nitrogens with zero attached hydrogens (tertiary/aromatic N) is 1. The zero-order valence-electron chi connectivity index (χ0n) is 12.1. The lowest BCUT2D eigenvalue weighted by molar-refractivity contribution is 0.0998. The van der Waals surface area contributed by atoms with Crippen LogP contribution < -0.4 is 4.90 Å². The van der Waals surface area contributed by atoms with E-state index in [1.54, 1.807) is 6.07 Å². The SMILES string of the molecule is Cc1cc(C(=O)CN2CCCc3ccccc32)ccc1Cl. The van der Waals surface area contributed by atoms with Gasteiger partial charge in [0.05, 0.1) is 6.54 Å². The Bertz CT molecular complexity index is 681. The molecule has 0 atom stereocenters. The standard InChI is InChI=1S/C18H18ClNO/c1-13-11-15(8-9-16(13)19)18(21)12-20-10-4-6-14-5-2-3-7-17(14)20/h2-3,5,7-9,11H,4,6,10,12H2,1H3. The Balaban J connectivity index is 1.81. The molecular formula is C18H18ClNO. The number of carbonyl (C=O) groups is 1. The second-order valence-corrected chi connectivity index (χ2v) is 5.95. The molecule has 21 heavy (non-hydrogen) atoms. The van der Waals surface area contributed by atoms with Gasteiger partial charge in [-0.1, -0.05) is 29.8 Å². The molecule has 3 rings (SSSR count). The lowest BCUT2D eigenvalue weighted by atomic mass is 10.0. The van der Waals surface area contributed by atoms with Crippen LogP contribution >= 0.6 is 11.6 Å². The van der Waals surface area contributed by atoms with Crippen LogP contribution in [0.15, 0.2) is 42.5 Å². The van der Waals surface area contributed by atoms with Crippen LogP contribution in [0.2, 0.25) is 5.02 Å². The van der Waals surface area contributed by atoms with E-state index in [0.29, 0.717) is 11.6 Å². The summed E-state index contributed by atoms with van der Waals surface area (Å²) < 4.78 is 0. The number of hydrogen-bond acceptors (Lipinski definition) is 2. The maximum absolute atomic E-state index is 12.5. The quantitative estimate of drug-likeness (QED) is 0.788. The highest BCUT2D eigenvalue weighted by Gasteiger charge is 2.19. The predicted octanol–water partition coefficient (Wildman–Crippen LogP) is 4.28. The zero-order chi connectivity index (χ0) is 14.8. The first-order valence-corrected chi connectivity index (χ1v) is 7.65. The van der Waals surface area contributed by atoms with Crippen molar-refractivity contribution in [1.82, 2.24) is 0 Å². The molecule has 1 heterocycles. The zero-order valence-corrected chi connectivity index (χ0v) is 12.9. The second-order valence-electron chi connectivity index (χ2n) is 5.54. The molecule has 2 aromatic carbocycles. The number of fused-ring (bicyclic) bond motifs is 1. The number of halogens is 1. The summed E-state index contributed by atoms with van der Waals surface area (Å²) in [6.45, 7) is 3.29. The van der Waals surface area contributed by atoms with E-state index in [1.165, 1.54) is 11.3 Å². The summed E-state index contributed by atoms with van der Waals surface area (Å²) in [5.41, 5.74) is 4.22. The van der Waals surface area contributed by atoms with Crippen molar-refractivity contribution in [2.24, 2.45) is 0 Å². The summed E-state index contributed by atoms with van der Waals surface area (Å²) in [4.78, 5) is 14.7. The molecule has 1 aliphatic heterocycles. The van der Waals surface area contributed by atoms with Crippen molar-refractivity contribution in [3.63, 3.8) is 0 Å². The van der Waals surface area contributed by atoms with Crippen LogP contribution in [0.1, 0.15) is 27.9 Å². The van der Waals surface area contributed by atoms with Crippen molar-refractivity contribution in [2.75, 3.05) is 18.0 Å². The summed E-state index contributed by atoms with van der Waals surface area (Å²) in [5.74, 6) is 0.145. The highest BCUT2D eigenvalue weighted by molar-refractivity contribution is 6.31. The van der Waals surface area contributed by atoms with Gasteiger partial charge in [-0.3, -0.25) is 4.79 Å². The Kier molecular flexibility index (Phi) is 3.98. The van der Waals surface area contributed by atoms with Crippen molar-refractivity contribution in [3.8, 4) is 0 Å². The van der Waals surface area contributed by atoms with Gasteiger partial charge in [0.15, 0.2) is 5.78 Å². The summed E-state index contributed by atoms with van der Waals surface area (Å²) in [6.07, 6.45) is 2.20. The fraction of sp³-hybridized carbons (Fsp3) is 0.278. The van der Waals surface area contributed by atoms with Gasteiger partial charge in [-0.2, -0.15) is 0 Å². The Hall–Kier alpha value is -1.80. The topological polar surface area (TPSA) is 20.3 Å². The van der Waals surface area contributed by atoms with E-state index in [-0.39, 0.29) is 5.78 Å². The van der Waals surface area contributed by atoms with Crippen LogP contribution in [0, 0.1) is 6.92 Å². The number of para-hydroxylation sites is 1. The molecule has 2 aromatic rings. The fourth-order valence-corrected chi connectivity index (χ4v) is 2.98. The fourth-order valence-electron chi connectivity index (χ4n) is 2.86. The van der Waals surface area contributed by atoms with Gasteiger partial charge in [0.25, 0.3) is 0 Å². The highest BCUT2D eigenvalue weighted by atomic mass is 35.5. The number of carbonyl (C=O) groups excluding carboxylic acids is 1. The van der Waals surface area contributed by atoms with Crippen molar-refractivity contribution < 1.29 is 4.79 Å². The van der Waals surface area contributed by atoms with E-state index in [9.17, 15) is 4.79 Å². The largest absolute Gasteiger partial charge is 0.364 e. The minimum atomic E-state index is 0.145. The molecule has 0 bridgehead atoms. The lowest BCUT2D eigenvalue weighted by Gasteiger charge is -2.30. The first-order chi connectivity index (χ1) is 10.1. The van der Waals surface area contributed by atoms with Crippen LogP contribution in [0.4, 0.5) is 5.69 Å². The van der Waals surface area contributed by atoms with Crippen LogP contribution in [0.3, 0.4) is 0 Å². The van der Waals surface area contributed by atoms with Gasteiger partial charge >= 0.3 is 0 Å². The Labute approximate surface area is 130 Å². The smallest absolute Gasteiger partial charge is 0.182 e. The number of anilines is 1. The number of ketones is 1. The molecule has 0 unspecified atom stereocenters. The molecule has 0 radical (unpaired) electrons. The Morgan fingerprint density at radius 2 is 2.05 bits per heavy atom. The molecule has 0 fully saturated rings. The van der Waals surface area contributed by atoms with E-state index in [1.807, 2.05) is 25.1 Å². The monoisotopic (exact) mass is 299 g/mol. The first-order valence-electron chi connectivity index (χ1n) is 7.27. The Morgan fingerprint density at radius 1 is 1.24 bits per heavy atom. The molecule has 0 saturated carbocycles. The van der Waals surface area contributed by atoms with E-state index in [0.717, 1.165) is 30.5 Å². The number of hydrogen-bond donors (Lipinski definition) is 0. The van der Waals surface area contributed by atoms with Crippen LogP contribution in [-0.4, -0.2) is 18.9 Å². The lowest BCUT2D eigenvalue weighted by Crippen LogP contribution is -2.34. The molecule has 2 nitrogen and oxygen atoms in total. The van der Waals surface area contributed by atoms with Gasteiger partial charge in [-0.05, 0) is 55.2 Å². The molecule has 0 N–H and O–H groups in total. The maximum atomic E-state index is 12.5. The third kappa shape index (κ3) is 2.96. The minimum absolute atomic E-state index is 0.145. The molecule has 0 aromatic heterocycles. The van der Waals surface area contributed by atoms with Gasteiger partial charge in [0.1, 0.15) is 0 Å². The number of Topliss-reactive ketones (excluding diaryl/α,β-unsaturated/α-hetero) is 1. The predicted molar refractivity (Wildman–Crippen MR) is 87.5 cm³/mol. The summed E-state index contributed by atoms with van der Waals surface area (Å²) >= 11 is 6.02. The molecule has 0 aliphatic carbocycles. The molecule has 0 spiro atoms. The molecule has 3 heteroatoms. The first kappa shape index (κ1) is 14.2. The van der Waals surface area contributed by atoms with Crippen molar-refractivity contribution >= 4 is 23.1 Å². The molecule has 0 amide bonds. The third-order valence-corrected chi connectivity index (χ3v) is 4.44. The van der Waals surface area contributed by atoms with E-state index in [4.69, 9.17) is 11.6 Å². The van der Waals surface area contributed by atoms with Gasteiger partial charge in [0, 0.05) is 22.8 Å². The minimum Gasteiger partial charge on any atom is -0.364 e. The molecule has 0 saturated heterocycles. The molecule has 1 aliphatic rings. The average Bonchev–Trinajstić information content (AvgIpc) is 2.50. The van der Waals surface area contributed by atoms with Gasteiger partial charge in [-0.15, -0.1) is 0 Å². The summed E-state index contributed by atoms with van der Waals surface area (Å²) in [6, 6.07) is 13.8. The average molecular weight is 300 g/mol. The van der Waals surface area contributed by atoms with E-state index in [2.05, 4.69) is 23.1 Å². The van der Waals surface area contributed by atoms with Crippen LogP contribution in [0.5, 0.6) is 0 Å². The molecular weight excluding hydrogens is 282 g/mol. The van der Waals surface area contributed by atoms with Crippen molar-refractivity contribution in [1.29, 1.82) is 0 Å². The second kappa shape index (κ2) is 5.90. The molecule has 108 valence electrons. The maximum Gasteiger partial charge on any atom is 0.182 e. The number of rotatable bonds is 3. The van der Waals surface area contributed by atoms with Crippen molar-refractivity contribution in [2.45, 2.75) is 19.8 Å². The summed E-state index contributed by atoms with van der Waals surface area (Å²) in [7, 11) is 0. The van der Waals surface area contributed by atoms with Crippen LogP contribution in [0.25, 0.3) is 0 Å². The van der Waals surface area contributed by atoms with Gasteiger partial charge in [0.2, 0.25) is 0 Å². The van der Waals surface area contributed by atoms with E-state index < -0.39 is 0 Å². The normalized spacial score (nSPS) is 13.9. The van der Waals surface area contributed by atoms with Crippen molar-refractivity contribution in [3.05, 3.63) is 64.2 Å². The number of benzene rings is 2.